The molecule has 0 bridgehead atoms. The van der Waals surface area contributed by atoms with Crippen molar-refractivity contribution in [1.82, 2.24) is 19.5 Å². The van der Waals surface area contributed by atoms with Crippen LogP contribution in [0.2, 0.25) is 5.02 Å². The quantitative estimate of drug-likeness (QED) is 0.386. The average Bonchev–Trinajstić information content (AvgIpc) is 3.37. The standard InChI is InChI=1S/C21H17ClF4N4O3/c1-10-4-12(21(24,25)26)7-30-8-15(27-18(10)30)19-28-17(29-33-19)11-5-13(22)16(14(23)6-11)32-20(2,3)9-31/h4-8,31H,9H2,1-3H3. The molecule has 0 saturated carbocycles. The van der Waals surface area contributed by atoms with Crippen LogP contribution < -0.4 is 4.74 Å². The zero-order valence-corrected chi connectivity index (χ0v) is 18.3. The summed E-state index contributed by atoms with van der Waals surface area (Å²) in [6.45, 7) is 4.28. The molecule has 0 aliphatic heterocycles. The fourth-order valence-corrected chi connectivity index (χ4v) is 3.31. The topological polar surface area (TPSA) is 85.7 Å². The van der Waals surface area contributed by atoms with Gasteiger partial charge in [-0.15, -0.1) is 0 Å². The molecular weight excluding hydrogens is 468 g/mol. The summed E-state index contributed by atoms with van der Waals surface area (Å²) in [5.74, 6) is -1.11. The molecule has 4 rings (SSSR count). The molecule has 0 unspecified atom stereocenters. The van der Waals surface area contributed by atoms with Crippen molar-refractivity contribution in [3.63, 3.8) is 0 Å². The zero-order chi connectivity index (χ0) is 24.1. The van der Waals surface area contributed by atoms with E-state index in [4.69, 9.17) is 20.9 Å². The third kappa shape index (κ3) is 4.51. The van der Waals surface area contributed by atoms with Gasteiger partial charge in [0.05, 0.1) is 17.2 Å². The number of aliphatic hydroxyl groups excluding tert-OH is 1. The first-order valence-corrected chi connectivity index (χ1v) is 9.96. The van der Waals surface area contributed by atoms with Gasteiger partial charge in [0.2, 0.25) is 5.82 Å². The summed E-state index contributed by atoms with van der Waals surface area (Å²) >= 11 is 6.15. The van der Waals surface area contributed by atoms with E-state index >= 15 is 0 Å². The number of rotatable bonds is 5. The lowest BCUT2D eigenvalue weighted by Gasteiger charge is -2.24. The van der Waals surface area contributed by atoms with Gasteiger partial charge in [0.1, 0.15) is 16.9 Å². The first-order chi connectivity index (χ1) is 15.4. The summed E-state index contributed by atoms with van der Waals surface area (Å²) in [4.78, 5) is 8.43. The summed E-state index contributed by atoms with van der Waals surface area (Å²) in [7, 11) is 0. The van der Waals surface area contributed by atoms with Crippen LogP contribution in [0.1, 0.15) is 25.0 Å². The van der Waals surface area contributed by atoms with Crippen molar-refractivity contribution in [2.75, 3.05) is 6.61 Å². The highest BCUT2D eigenvalue weighted by Gasteiger charge is 2.32. The number of ether oxygens (including phenoxy) is 1. The summed E-state index contributed by atoms with van der Waals surface area (Å²) < 4.78 is 65.7. The molecule has 1 N–H and O–H groups in total. The predicted octanol–water partition coefficient (Wildman–Crippen LogP) is 5.32. The lowest BCUT2D eigenvalue weighted by molar-refractivity contribution is -0.137. The molecule has 12 heteroatoms. The average molecular weight is 485 g/mol. The molecule has 0 fully saturated rings. The Morgan fingerprint density at radius 3 is 2.52 bits per heavy atom. The van der Waals surface area contributed by atoms with Gasteiger partial charge in [-0.05, 0) is 44.5 Å². The van der Waals surface area contributed by atoms with Crippen molar-refractivity contribution >= 4 is 17.2 Å². The van der Waals surface area contributed by atoms with E-state index in [2.05, 4.69) is 15.1 Å². The second kappa shape index (κ2) is 7.99. The molecule has 3 aromatic heterocycles. The SMILES string of the molecule is Cc1cc(C(F)(F)F)cn2cc(-c3nc(-c4cc(F)c(OC(C)(C)CO)c(Cl)c4)no3)nc12. The van der Waals surface area contributed by atoms with Gasteiger partial charge < -0.3 is 18.8 Å². The van der Waals surface area contributed by atoms with Crippen LogP contribution in [0.3, 0.4) is 0 Å². The Morgan fingerprint density at radius 2 is 1.88 bits per heavy atom. The van der Waals surface area contributed by atoms with Crippen molar-refractivity contribution < 1.29 is 31.9 Å². The summed E-state index contributed by atoms with van der Waals surface area (Å²) in [5.41, 5.74) is -0.947. The number of imidazole rings is 1. The van der Waals surface area contributed by atoms with Gasteiger partial charge in [0.25, 0.3) is 5.89 Å². The normalized spacial score (nSPS) is 12.5. The summed E-state index contributed by atoms with van der Waals surface area (Å²) in [5, 5.41) is 13.0. The van der Waals surface area contributed by atoms with Crippen LogP contribution in [-0.2, 0) is 6.18 Å². The van der Waals surface area contributed by atoms with E-state index in [0.717, 1.165) is 18.3 Å². The molecule has 1 aromatic carbocycles. The summed E-state index contributed by atoms with van der Waals surface area (Å²) in [6, 6.07) is 3.45. The highest BCUT2D eigenvalue weighted by Crippen LogP contribution is 2.35. The van der Waals surface area contributed by atoms with E-state index < -0.39 is 23.2 Å². The van der Waals surface area contributed by atoms with E-state index in [1.807, 2.05) is 0 Å². The van der Waals surface area contributed by atoms with Crippen molar-refractivity contribution in [2.24, 2.45) is 0 Å². The van der Waals surface area contributed by atoms with Gasteiger partial charge >= 0.3 is 6.18 Å². The fraction of sp³-hybridized carbons (Fsp3) is 0.286. The number of halogens is 5. The van der Waals surface area contributed by atoms with Crippen LogP contribution in [-0.4, -0.2) is 36.8 Å². The smallest absolute Gasteiger partial charge is 0.417 e. The van der Waals surface area contributed by atoms with Gasteiger partial charge in [0, 0.05) is 18.0 Å². The third-order valence-electron chi connectivity index (χ3n) is 4.72. The van der Waals surface area contributed by atoms with E-state index in [1.165, 1.54) is 23.6 Å². The molecule has 3 heterocycles. The maximum Gasteiger partial charge on any atom is 0.417 e. The number of fused-ring (bicyclic) bond motifs is 1. The molecule has 7 nitrogen and oxygen atoms in total. The van der Waals surface area contributed by atoms with Gasteiger partial charge in [-0.3, -0.25) is 0 Å². The number of aromatic nitrogens is 4. The Balaban J connectivity index is 1.68. The van der Waals surface area contributed by atoms with E-state index in [1.54, 1.807) is 13.8 Å². The van der Waals surface area contributed by atoms with Crippen LogP contribution >= 0.6 is 11.6 Å². The lowest BCUT2D eigenvalue weighted by atomic mass is 10.1. The van der Waals surface area contributed by atoms with Crippen molar-refractivity contribution in [1.29, 1.82) is 0 Å². The second-order valence-corrected chi connectivity index (χ2v) is 8.39. The number of hydrogen-bond acceptors (Lipinski definition) is 6. The Hall–Kier alpha value is -3.18. The molecule has 0 radical (unpaired) electrons. The molecule has 33 heavy (non-hydrogen) atoms. The number of pyridine rings is 1. The van der Waals surface area contributed by atoms with E-state index in [0.29, 0.717) is 11.2 Å². The first kappa shape index (κ1) is 23.0. The Bertz CT molecular complexity index is 1320. The fourth-order valence-electron chi connectivity index (χ4n) is 3.07. The van der Waals surface area contributed by atoms with E-state index in [-0.39, 0.29) is 40.4 Å². The largest absolute Gasteiger partial charge is 0.481 e. The minimum atomic E-state index is -4.51. The first-order valence-electron chi connectivity index (χ1n) is 9.58. The Labute approximate surface area is 189 Å². The van der Waals surface area contributed by atoms with Crippen LogP contribution in [0, 0.1) is 12.7 Å². The van der Waals surface area contributed by atoms with Crippen LogP contribution in [0.25, 0.3) is 28.6 Å². The van der Waals surface area contributed by atoms with E-state index in [9.17, 15) is 22.7 Å². The van der Waals surface area contributed by atoms with Gasteiger partial charge in [0.15, 0.2) is 11.6 Å². The highest BCUT2D eigenvalue weighted by molar-refractivity contribution is 6.32. The van der Waals surface area contributed by atoms with Crippen LogP contribution in [0.5, 0.6) is 5.75 Å². The highest BCUT2D eigenvalue weighted by atomic mass is 35.5. The maximum atomic E-state index is 14.6. The minimum absolute atomic E-state index is 0.0106. The molecule has 174 valence electrons. The molecule has 0 aliphatic carbocycles. The van der Waals surface area contributed by atoms with Crippen LogP contribution in [0.4, 0.5) is 17.6 Å². The number of hydrogen-bond donors (Lipinski definition) is 1. The molecule has 4 aromatic rings. The molecule has 0 spiro atoms. The molecular formula is C21H17ClF4N4O3. The molecule has 0 amide bonds. The molecule has 0 atom stereocenters. The van der Waals surface area contributed by atoms with Crippen molar-refractivity contribution in [2.45, 2.75) is 32.5 Å². The van der Waals surface area contributed by atoms with Crippen molar-refractivity contribution in [3.05, 3.63) is 52.6 Å². The lowest BCUT2D eigenvalue weighted by Crippen LogP contribution is -2.33. The van der Waals surface area contributed by atoms with Gasteiger partial charge in [-0.1, -0.05) is 16.8 Å². The van der Waals surface area contributed by atoms with Gasteiger partial charge in [-0.25, -0.2) is 9.37 Å². The molecule has 0 saturated heterocycles. The maximum absolute atomic E-state index is 14.6. The monoisotopic (exact) mass is 484 g/mol. The minimum Gasteiger partial charge on any atom is -0.481 e. The number of aliphatic hydroxyl groups is 1. The zero-order valence-electron chi connectivity index (χ0n) is 17.5. The number of aryl methyl sites for hydroxylation is 1. The van der Waals surface area contributed by atoms with Gasteiger partial charge in [-0.2, -0.15) is 18.2 Å². The number of benzene rings is 1. The summed E-state index contributed by atoms with van der Waals surface area (Å²) in [6.07, 6.45) is -2.26. The van der Waals surface area contributed by atoms with Crippen LogP contribution in [0.15, 0.2) is 35.1 Å². The number of alkyl halides is 3. The Kier molecular flexibility index (Phi) is 5.57. The van der Waals surface area contributed by atoms with Crippen molar-refractivity contribution in [3.8, 4) is 28.7 Å². The number of nitrogens with zero attached hydrogens (tertiary/aromatic N) is 4. The predicted molar refractivity (Wildman–Crippen MR) is 110 cm³/mol. The second-order valence-electron chi connectivity index (χ2n) is 7.98. The third-order valence-corrected chi connectivity index (χ3v) is 5.00. The Morgan fingerprint density at radius 1 is 1.15 bits per heavy atom. The molecule has 0 aliphatic rings.